The Balaban J connectivity index is 1.32. The number of piperidine rings is 2. The summed E-state index contributed by atoms with van der Waals surface area (Å²) in [6, 6.07) is 1.86. The molecule has 0 saturated carbocycles. The quantitative estimate of drug-likeness (QED) is 0.834. The zero-order valence-corrected chi connectivity index (χ0v) is 14.9. The fraction of sp³-hybridized carbons (Fsp3) is 0.737. The van der Waals surface area contributed by atoms with Crippen LogP contribution < -0.4 is 0 Å². The van der Waals surface area contributed by atoms with Gasteiger partial charge in [-0.3, -0.25) is 9.69 Å². The van der Waals surface area contributed by atoms with Crippen LogP contribution in [0.2, 0.25) is 0 Å². The number of amides is 1. The predicted octanol–water partition coefficient (Wildman–Crippen LogP) is 1.86. The Labute approximate surface area is 149 Å². The number of rotatable bonds is 4. The molecule has 1 aromatic heterocycles. The lowest BCUT2D eigenvalue weighted by Gasteiger charge is -2.47. The van der Waals surface area contributed by atoms with Crippen molar-refractivity contribution < 1.29 is 9.53 Å². The van der Waals surface area contributed by atoms with Gasteiger partial charge in [0.1, 0.15) is 5.82 Å². The number of aromatic nitrogens is 2. The van der Waals surface area contributed by atoms with E-state index in [1.54, 1.807) is 0 Å². The number of nitrogens with zero attached hydrogens (tertiary/aromatic N) is 4. The summed E-state index contributed by atoms with van der Waals surface area (Å²) in [7, 11) is 0. The third kappa shape index (κ3) is 4.01. The van der Waals surface area contributed by atoms with Crippen molar-refractivity contribution in [3.8, 4) is 0 Å². The molecule has 25 heavy (non-hydrogen) atoms. The Morgan fingerprint density at radius 2 is 2.00 bits per heavy atom. The molecule has 1 atom stereocenters. The highest BCUT2D eigenvalue weighted by Gasteiger charge is 2.41. The van der Waals surface area contributed by atoms with Crippen molar-refractivity contribution in [2.75, 3.05) is 32.8 Å². The molecule has 3 aliphatic heterocycles. The van der Waals surface area contributed by atoms with E-state index in [-0.39, 0.29) is 6.10 Å². The van der Waals surface area contributed by atoms with Crippen LogP contribution in [-0.2, 0) is 16.1 Å². The molecule has 1 aromatic rings. The number of carbonyl (C=O) groups excluding carboxylic acids is 1. The third-order valence-electron chi connectivity index (χ3n) is 6.10. The van der Waals surface area contributed by atoms with Gasteiger partial charge in [-0.1, -0.05) is 0 Å². The summed E-state index contributed by atoms with van der Waals surface area (Å²) in [5, 5.41) is 0. The number of ether oxygens (including phenoxy) is 1. The van der Waals surface area contributed by atoms with E-state index < -0.39 is 0 Å². The van der Waals surface area contributed by atoms with E-state index in [1.807, 2.05) is 18.5 Å². The minimum absolute atomic E-state index is 0.259. The molecule has 0 bridgehead atoms. The van der Waals surface area contributed by atoms with Gasteiger partial charge in [-0.05, 0) is 56.7 Å². The molecule has 6 nitrogen and oxygen atoms in total. The number of carbonyl (C=O) groups is 1. The van der Waals surface area contributed by atoms with Gasteiger partial charge in [0, 0.05) is 38.5 Å². The highest BCUT2D eigenvalue weighted by atomic mass is 16.5. The molecule has 1 amide bonds. The molecule has 0 aromatic carbocycles. The lowest BCUT2D eigenvalue weighted by molar-refractivity contribution is -0.141. The van der Waals surface area contributed by atoms with Crippen molar-refractivity contribution in [1.82, 2.24) is 19.8 Å². The Morgan fingerprint density at radius 3 is 2.72 bits per heavy atom. The molecule has 0 radical (unpaired) electrons. The molecule has 3 fully saturated rings. The fourth-order valence-corrected chi connectivity index (χ4v) is 4.51. The van der Waals surface area contributed by atoms with Gasteiger partial charge in [0.25, 0.3) is 0 Å². The molecule has 4 rings (SSSR count). The summed E-state index contributed by atoms with van der Waals surface area (Å²) in [5.74, 6) is 1.22. The number of likely N-dealkylation sites (tertiary alicyclic amines) is 2. The van der Waals surface area contributed by atoms with E-state index in [9.17, 15) is 4.79 Å². The molecular weight excluding hydrogens is 316 g/mol. The smallest absolute Gasteiger partial charge is 0.222 e. The summed E-state index contributed by atoms with van der Waals surface area (Å²) < 4.78 is 5.75. The van der Waals surface area contributed by atoms with Crippen molar-refractivity contribution in [2.45, 2.75) is 51.2 Å². The van der Waals surface area contributed by atoms with E-state index in [0.29, 0.717) is 17.7 Å². The Morgan fingerprint density at radius 1 is 1.20 bits per heavy atom. The first kappa shape index (κ1) is 16.9. The molecular formula is C19H28N4O2. The third-order valence-corrected chi connectivity index (χ3v) is 6.10. The van der Waals surface area contributed by atoms with Crippen LogP contribution in [0, 0.1) is 5.41 Å². The Kier molecular flexibility index (Phi) is 4.99. The lowest BCUT2D eigenvalue weighted by Crippen LogP contribution is -2.52. The van der Waals surface area contributed by atoms with E-state index in [0.717, 1.165) is 77.3 Å². The first-order valence-corrected chi connectivity index (χ1v) is 9.60. The standard InChI is InChI=1S/C19H28N4O2/c24-18-4-5-19(15-23(18)13-16-3-1-12-25-16)6-10-22(11-7-19)14-17-20-8-2-9-21-17/h2,8-9,16H,1,3-7,10-15H2. The van der Waals surface area contributed by atoms with Gasteiger partial charge in [-0.2, -0.15) is 0 Å². The van der Waals surface area contributed by atoms with Crippen LogP contribution in [-0.4, -0.2) is 64.6 Å². The molecule has 1 spiro atoms. The van der Waals surface area contributed by atoms with Crippen LogP contribution in [0.15, 0.2) is 18.5 Å². The second-order valence-electron chi connectivity index (χ2n) is 7.85. The minimum atomic E-state index is 0.259. The summed E-state index contributed by atoms with van der Waals surface area (Å²) in [5.41, 5.74) is 0.306. The second kappa shape index (κ2) is 7.38. The molecule has 136 valence electrons. The van der Waals surface area contributed by atoms with Crippen molar-refractivity contribution in [3.05, 3.63) is 24.3 Å². The summed E-state index contributed by atoms with van der Waals surface area (Å²) in [4.78, 5) is 25.6. The number of hydrogen-bond acceptors (Lipinski definition) is 5. The highest BCUT2D eigenvalue weighted by Crippen LogP contribution is 2.40. The van der Waals surface area contributed by atoms with E-state index in [4.69, 9.17) is 4.74 Å². The van der Waals surface area contributed by atoms with Crippen molar-refractivity contribution in [3.63, 3.8) is 0 Å². The van der Waals surface area contributed by atoms with Crippen LogP contribution in [0.4, 0.5) is 0 Å². The van der Waals surface area contributed by atoms with Crippen molar-refractivity contribution >= 4 is 5.91 Å². The molecule has 6 heteroatoms. The van der Waals surface area contributed by atoms with Crippen LogP contribution in [0.1, 0.15) is 44.3 Å². The first-order chi connectivity index (χ1) is 12.2. The van der Waals surface area contributed by atoms with Crippen LogP contribution in [0.5, 0.6) is 0 Å². The zero-order chi connectivity index (χ0) is 17.1. The second-order valence-corrected chi connectivity index (χ2v) is 7.85. The maximum absolute atomic E-state index is 12.4. The Bertz CT molecular complexity index is 580. The largest absolute Gasteiger partial charge is 0.376 e. The number of hydrogen-bond donors (Lipinski definition) is 0. The van der Waals surface area contributed by atoms with Gasteiger partial charge in [0.05, 0.1) is 12.6 Å². The predicted molar refractivity (Wildman–Crippen MR) is 93.8 cm³/mol. The maximum Gasteiger partial charge on any atom is 0.222 e. The van der Waals surface area contributed by atoms with E-state index in [2.05, 4.69) is 19.8 Å². The molecule has 0 N–H and O–H groups in total. The average Bonchev–Trinajstić information content (AvgIpc) is 3.15. The maximum atomic E-state index is 12.4. The van der Waals surface area contributed by atoms with Crippen molar-refractivity contribution in [2.24, 2.45) is 5.41 Å². The van der Waals surface area contributed by atoms with Gasteiger partial charge in [0.15, 0.2) is 0 Å². The average molecular weight is 344 g/mol. The molecule has 3 aliphatic rings. The van der Waals surface area contributed by atoms with E-state index >= 15 is 0 Å². The summed E-state index contributed by atoms with van der Waals surface area (Å²) >= 11 is 0. The zero-order valence-electron chi connectivity index (χ0n) is 14.9. The molecule has 4 heterocycles. The van der Waals surface area contributed by atoms with Crippen molar-refractivity contribution in [1.29, 1.82) is 0 Å². The fourth-order valence-electron chi connectivity index (χ4n) is 4.51. The normalized spacial score (nSPS) is 27.1. The van der Waals surface area contributed by atoms with Crippen LogP contribution in [0.25, 0.3) is 0 Å². The Hall–Kier alpha value is -1.53. The lowest BCUT2D eigenvalue weighted by atomic mass is 9.72. The SMILES string of the molecule is O=C1CCC2(CCN(Cc3ncccn3)CC2)CN1CC1CCCO1. The van der Waals surface area contributed by atoms with Gasteiger partial charge in [-0.15, -0.1) is 0 Å². The molecule has 0 aliphatic carbocycles. The first-order valence-electron chi connectivity index (χ1n) is 9.60. The van der Waals surface area contributed by atoms with Gasteiger partial charge < -0.3 is 9.64 Å². The highest BCUT2D eigenvalue weighted by molar-refractivity contribution is 5.77. The van der Waals surface area contributed by atoms with E-state index in [1.165, 1.54) is 0 Å². The summed E-state index contributed by atoms with van der Waals surface area (Å²) in [6.45, 7) is 5.54. The van der Waals surface area contributed by atoms with Gasteiger partial charge in [0.2, 0.25) is 5.91 Å². The molecule has 1 unspecified atom stereocenters. The monoisotopic (exact) mass is 344 g/mol. The van der Waals surface area contributed by atoms with Crippen LogP contribution in [0.3, 0.4) is 0 Å². The van der Waals surface area contributed by atoms with Gasteiger partial charge >= 0.3 is 0 Å². The summed E-state index contributed by atoms with van der Waals surface area (Å²) in [6.07, 6.45) is 10.2. The minimum Gasteiger partial charge on any atom is -0.376 e. The van der Waals surface area contributed by atoms with Crippen LogP contribution >= 0.6 is 0 Å². The van der Waals surface area contributed by atoms with Gasteiger partial charge in [-0.25, -0.2) is 9.97 Å². The molecule has 3 saturated heterocycles. The topological polar surface area (TPSA) is 58.6 Å².